The summed E-state index contributed by atoms with van der Waals surface area (Å²) in [6.07, 6.45) is 0. The van der Waals surface area contributed by atoms with E-state index in [0.29, 0.717) is 10.9 Å². The zero-order valence-corrected chi connectivity index (χ0v) is 15.4. The lowest BCUT2D eigenvalue weighted by Gasteiger charge is -2.15. The van der Waals surface area contributed by atoms with Crippen molar-refractivity contribution in [3.8, 4) is 11.1 Å². The maximum absolute atomic E-state index is 15.5. The van der Waals surface area contributed by atoms with Crippen LogP contribution in [0, 0.1) is 5.82 Å². The summed E-state index contributed by atoms with van der Waals surface area (Å²) in [5.74, 6) is -0.166. The highest BCUT2D eigenvalue weighted by Gasteiger charge is 2.17. The van der Waals surface area contributed by atoms with Crippen molar-refractivity contribution in [1.82, 2.24) is 0 Å². The second kappa shape index (κ2) is 5.93. The van der Waals surface area contributed by atoms with Crippen LogP contribution in [0.2, 0.25) is 0 Å². The van der Waals surface area contributed by atoms with E-state index < -0.39 is 0 Å². The Balaban J connectivity index is 2.01. The first-order valence-electron chi connectivity index (χ1n) is 8.52. The molecule has 0 saturated heterocycles. The molecular weight excluding hydrogens is 387 g/mol. The molecule has 0 atom stereocenters. The lowest BCUT2D eigenvalue weighted by molar-refractivity contribution is 0.643. The van der Waals surface area contributed by atoms with Crippen LogP contribution in [0.1, 0.15) is 0 Å². The summed E-state index contributed by atoms with van der Waals surface area (Å²) >= 11 is 3.75. The highest BCUT2D eigenvalue weighted by molar-refractivity contribution is 9.10. The average molecular weight is 401 g/mol. The lowest BCUT2D eigenvalue weighted by Crippen LogP contribution is -1.91. The van der Waals surface area contributed by atoms with Gasteiger partial charge in [-0.25, -0.2) is 4.39 Å². The SMILES string of the molecule is Fc1c(-c2c3ccccc3c(Br)c3ccccc23)ccc2ccccc12. The normalized spacial score (nSPS) is 11.5. The van der Waals surface area contributed by atoms with E-state index in [1.165, 1.54) is 0 Å². The van der Waals surface area contributed by atoms with Gasteiger partial charge in [-0.3, -0.25) is 0 Å². The van der Waals surface area contributed by atoms with E-state index in [-0.39, 0.29) is 5.82 Å². The topological polar surface area (TPSA) is 0 Å². The molecule has 0 amide bonds. The molecule has 0 spiro atoms. The van der Waals surface area contributed by atoms with Crippen LogP contribution in [-0.4, -0.2) is 0 Å². The highest BCUT2D eigenvalue weighted by Crippen LogP contribution is 2.43. The fourth-order valence-corrected chi connectivity index (χ4v) is 4.48. The quantitative estimate of drug-likeness (QED) is 0.252. The highest BCUT2D eigenvalue weighted by atomic mass is 79.9. The van der Waals surface area contributed by atoms with Crippen LogP contribution < -0.4 is 0 Å². The minimum Gasteiger partial charge on any atom is -0.206 e. The Bertz CT molecular complexity index is 1250. The summed E-state index contributed by atoms with van der Waals surface area (Å²) in [7, 11) is 0. The smallest absolute Gasteiger partial charge is 0.138 e. The van der Waals surface area contributed by atoms with Crippen molar-refractivity contribution in [3.05, 3.63) is 95.2 Å². The van der Waals surface area contributed by atoms with E-state index in [0.717, 1.165) is 37.0 Å². The third-order valence-corrected chi connectivity index (χ3v) is 5.85. The van der Waals surface area contributed by atoms with Crippen LogP contribution in [0.5, 0.6) is 0 Å². The summed E-state index contributed by atoms with van der Waals surface area (Å²) in [4.78, 5) is 0. The number of benzene rings is 5. The predicted octanol–water partition coefficient (Wildman–Crippen LogP) is 7.71. The molecule has 0 aromatic heterocycles. The van der Waals surface area contributed by atoms with Gasteiger partial charge in [0.2, 0.25) is 0 Å². The van der Waals surface area contributed by atoms with Gasteiger partial charge in [0.15, 0.2) is 0 Å². The standard InChI is InChI=1S/C24H14BrF/c25-23-19-11-5-3-9-17(19)22(18-10-4-6-12-20(18)23)21-14-13-15-7-1-2-8-16(15)24(21)26/h1-14H. The summed E-state index contributed by atoms with van der Waals surface area (Å²) in [6, 6.07) is 27.8. The van der Waals surface area contributed by atoms with Crippen LogP contribution in [0.15, 0.2) is 89.4 Å². The molecule has 5 rings (SSSR count). The first-order chi connectivity index (χ1) is 12.8. The molecule has 0 unspecified atom stereocenters. The van der Waals surface area contributed by atoms with E-state index in [4.69, 9.17) is 0 Å². The molecule has 5 aromatic carbocycles. The third-order valence-electron chi connectivity index (χ3n) is 5.00. The van der Waals surface area contributed by atoms with Crippen molar-refractivity contribution < 1.29 is 4.39 Å². The van der Waals surface area contributed by atoms with Crippen LogP contribution in [0.25, 0.3) is 43.4 Å². The Morgan fingerprint density at radius 2 is 1.04 bits per heavy atom. The fourth-order valence-electron chi connectivity index (χ4n) is 3.79. The molecule has 0 nitrogen and oxygen atoms in total. The van der Waals surface area contributed by atoms with Gasteiger partial charge in [0.25, 0.3) is 0 Å². The van der Waals surface area contributed by atoms with Crippen LogP contribution in [0.3, 0.4) is 0 Å². The maximum atomic E-state index is 15.5. The molecule has 0 aliphatic heterocycles. The Kier molecular flexibility index (Phi) is 3.54. The Morgan fingerprint density at radius 3 is 1.65 bits per heavy atom. The molecule has 0 saturated carbocycles. The van der Waals surface area contributed by atoms with Gasteiger partial charge in [0.1, 0.15) is 5.82 Å². The van der Waals surface area contributed by atoms with Crippen molar-refractivity contribution in [1.29, 1.82) is 0 Å². The van der Waals surface area contributed by atoms with E-state index in [2.05, 4.69) is 40.2 Å². The second-order valence-corrected chi connectivity index (χ2v) is 7.22. The molecule has 0 fully saturated rings. The van der Waals surface area contributed by atoms with E-state index >= 15 is 4.39 Å². The van der Waals surface area contributed by atoms with Crippen molar-refractivity contribution in [2.75, 3.05) is 0 Å². The number of fused-ring (bicyclic) bond motifs is 3. The molecule has 0 aliphatic carbocycles. The molecule has 2 heteroatoms. The van der Waals surface area contributed by atoms with Crippen molar-refractivity contribution >= 4 is 48.2 Å². The number of hydrogen-bond donors (Lipinski definition) is 0. The van der Waals surface area contributed by atoms with E-state index in [1.807, 2.05) is 60.7 Å². The van der Waals surface area contributed by atoms with Gasteiger partial charge >= 0.3 is 0 Å². The van der Waals surface area contributed by atoms with Gasteiger partial charge in [-0.1, -0.05) is 84.9 Å². The fraction of sp³-hybridized carbons (Fsp3) is 0. The second-order valence-electron chi connectivity index (χ2n) is 6.43. The predicted molar refractivity (Wildman–Crippen MR) is 112 cm³/mol. The van der Waals surface area contributed by atoms with Gasteiger partial charge in [-0.15, -0.1) is 0 Å². The van der Waals surface area contributed by atoms with Gasteiger partial charge in [-0.2, -0.15) is 0 Å². The molecule has 0 N–H and O–H groups in total. The third kappa shape index (κ3) is 2.19. The zero-order chi connectivity index (χ0) is 17.7. The van der Waals surface area contributed by atoms with Crippen LogP contribution >= 0.6 is 15.9 Å². The largest absolute Gasteiger partial charge is 0.206 e. The molecular formula is C24H14BrF. The first kappa shape index (κ1) is 15.5. The number of halogens is 2. The van der Waals surface area contributed by atoms with Crippen molar-refractivity contribution in [3.63, 3.8) is 0 Å². The minimum absolute atomic E-state index is 0.166. The average Bonchev–Trinajstić information content (AvgIpc) is 2.70. The van der Waals surface area contributed by atoms with Gasteiger partial charge in [0, 0.05) is 21.0 Å². The number of rotatable bonds is 1. The molecule has 0 bridgehead atoms. The molecule has 26 heavy (non-hydrogen) atoms. The first-order valence-corrected chi connectivity index (χ1v) is 9.31. The molecule has 0 aliphatic rings. The maximum Gasteiger partial charge on any atom is 0.138 e. The Hall–Kier alpha value is -2.71. The molecule has 0 radical (unpaired) electrons. The van der Waals surface area contributed by atoms with Gasteiger partial charge in [0.05, 0.1) is 0 Å². The van der Waals surface area contributed by atoms with Crippen LogP contribution in [-0.2, 0) is 0 Å². The minimum atomic E-state index is -0.166. The van der Waals surface area contributed by atoms with Crippen molar-refractivity contribution in [2.45, 2.75) is 0 Å². The molecule has 5 aromatic rings. The van der Waals surface area contributed by atoms with Gasteiger partial charge < -0.3 is 0 Å². The van der Waals surface area contributed by atoms with E-state index in [1.54, 1.807) is 0 Å². The Labute approximate surface area is 159 Å². The van der Waals surface area contributed by atoms with Crippen molar-refractivity contribution in [2.24, 2.45) is 0 Å². The molecule has 0 heterocycles. The summed E-state index contributed by atoms with van der Waals surface area (Å²) in [5.41, 5.74) is 1.59. The summed E-state index contributed by atoms with van der Waals surface area (Å²) in [5, 5.41) is 5.85. The number of hydrogen-bond acceptors (Lipinski definition) is 0. The summed E-state index contributed by atoms with van der Waals surface area (Å²) < 4.78 is 16.5. The lowest BCUT2D eigenvalue weighted by atomic mass is 9.90. The monoisotopic (exact) mass is 400 g/mol. The van der Waals surface area contributed by atoms with Gasteiger partial charge in [-0.05, 0) is 42.9 Å². The van der Waals surface area contributed by atoms with E-state index in [9.17, 15) is 0 Å². The van der Waals surface area contributed by atoms with Crippen LogP contribution in [0.4, 0.5) is 4.39 Å². The molecule has 124 valence electrons. The zero-order valence-electron chi connectivity index (χ0n) is 13.8. The Morgan fingerprint density at radius 1 is 0.538 bits per heavy atom. The summed E-state index contributed by atoms with van der Waals surface area (Å²) in [6.45, 7) is 0.